The Morgan fingerprint density at radius 1 is 1.36 bits per heavy atom. The van der Waals surface area contributed by atoms with Gasteiger partial charge in [-0.3, -0.25) is 9.59 Å². The Morgan fingerprint density at radius 3 is 2.56 bits per heavy atom. The molecule has 130 valence electrons. The molecule has 25 heavy (non-hydrogen) atoms. The number of nitrogens with zero attached hydrogens (tertiary/aromatic N) is 2. The van der Waals surface area contributed by atoms with E-state index in [1.165, 1.54) is 12.3 Å². The molecule has 0 aliphatic carbocycles. The number of aromatic nitrogens is 1. The van der Waals surface area contributed by atoms with Gasteiger partial charge in [-0.15, -0.1) is 11.3 Å². The standard InChI is InChI=1S/C17H16N2O5S/c1-17(2,3)24-14(20)9-19-8-10(6-12(15(19)21)16(22)23)13-5-4-11(7-18)25-13/h4-6,8H,9H2,1-3H3,(H,22,23). The van der Waals surface area contributed by atoms with Crippen molar-refractivity contribution in [3.05, 3.63) is 45.2 Å². The summed E-state index contributed by atoms with van der Waals surface area (Å²) in [6.07, 6.45) is 1.39. The Bertz CT molecular complexity index is 928. The van der Waals surface area contributed by atoms with Crippen LogP contribution in [0.2, 0.25) is 0 Å². The first-order chi connectivity index (χ1) is 11.6. The smallest absolute Gasteiger partial charge is 0.341 e. The molecule has 0 saturated carbocycles. The van der Waals surface area contributed by atoms with Crippen molar-refractivity contribution in [3.63, 3.8) is 0 Å². The van der Waals surface area contributed by atoms with E-state index in [1.807, 2.05) is 6.07 Å². The average molecular weight is 360 g/mol. The van der Waals surface area contributed by atoms with Crippen molar-refractivity contribution in [2.75, 3.05) is 0 Å². The van der Waals surface area contributed by atoms with Crippen LogP contribution >= 0.6 is 11.3 Å². The predicted octanol–water partition coefficient (Wildman–Crippen LogP) is 2.49. The largest absolute Gasteiger partial charge is 0.477 e. The zero-order valence-electron chi connectivity index (χ0n) is 13.9. The van der Waals surface area contributed by atoms with Crippen LogP contribution in [-0.2, 0) is 16.1 Å². The monoisotopic (exact) mass is 360 g/mol. The zero-order chi connectivity index (χ0) is 18.8. The molecule has 0 aliphatic heterocycles. The van der Waals surface area contributed by atoms with Gasteiger partial charge in [-0.2, -0.15) is 5.26 Å². The molecule has 0 fully saturated rings. The van der Waals surface area contributed by atoms with Crippen molar-refractivity contribution >= 4 is 23.3 Å². The fourth-order valence-corrected chi connectivity index (χ4v) is 2.89. The van der Waals surface area contributed by atoms with Crippen LogP contribution in [0.3, 0.4) is 0 Å². The number of carboxylic acids is 1. The summed E-state index contributed by atoms with van der Waals surface area (Å²) < 4.78 is 6.19. The number of nitriles is 1. The van der Waals surface area contributed by atoms with Crippen molar-refractivity contribution in [1.82, 2.24) is 4.57 Å². The van der Waals surface area contributed by atoms with Crippen LogP contribution in [0.15, 0.2) is 29.2 Å². The van der Waals surface area contributed by atoms with Gasteiger partial charge in [0.05, 0.1) is 0 Å². The maximum atomic E-state index is 12.3. The molecule has 1 N–H and O–H groups in total. The SMILES string of the molecule is CC(C)(C)OC(=O)Cn1cc(-c2ccc(C#N)s2)cc(C(=O)O)c1=O. The minimum absolute atomic E-state index is 0.402. The summed E-state index contributed by atoms with van der Waals surface area (Å²) in [6, 6.07) is 6.50. The molecular weight excluding hydrogens is 344 g/mol. The third-order valence-corrected chi connectivity index (χ3v) is 4.08. The van der Waals surface area contributed by atoms with Crippen molar-refractivity contribution in [3.8, 4) is 16.5 Å². The van der Waals surface area contributed by atoms with Crippen LogP contribution in [0.4, 0.5) is 0 Å². The van der Waals surface area contributed by atoms with E-state index < -0.39 is 35.2 Å². The lowest BCUT2D eigenvalue weighted by Gasteiger charge is -2.20. The highest BCUT2D eigenvalue weighted by atomic mass is 32.1. The minimum atomic E-state index is -1.39. The third-order valence-electron chi connectivity index (χ3n) is 3.04. The number of hydrogen-bond donors (Lipinski definition) is 1. The second kappa shape index (κ2) is 6.91. The van der Waals surface area contributed by atoms with Crippen LogP contribution in [0.5, 0.6) is 0 Å². The molecule has 8 heteroatoms. The fraction of sp³-hybridized carbons (Fsp3) is 0.294. The molecule has 0 saturated heterocycles. The van der Waals surface area contributed by atoms with Crippen molar-refractivity contribution < 1.29 is 19.4 Å². The molecule has 2 aromatic heterocycles. The van der Waals surface area contributed by atoms with Gasteiger partial charge in [0.1, 0.15) is 28.7 Å². The number of carbonyl (C=O) groups is 2. The second-order valence-corrected chi connectivity index (χ2v) is 7.33. The van der Waals surface area contributed by atoms with Crippen molar-refractivity contribution in [2.24, 2.45) is 0 Å². The normalized spacial score (nSPS) is 11.0. The lowest BCUT2D eigenvalue weighted by atomic mass is 10.1. The van der Waals surface area contributed by atoms with Crippen molar-refractivity contribution in [2.45, 2.75) is 32.9 Å². The van der Waals surface area contributed by atoms with E-state index in [4.69, 9.17) is 10.00 Å². The van der Waals surface area contributed by atoms with Crippen LogP contribution in [0.1, 0.15) is 36.0 Å². The number of aromatic carboxylic acids is 1. The molecule has 2 heterocycles. The first-order valence-electron chi connectivity index (χ1n) is 7.30. The van der Waals surface area contributed by atoms with Crippen LogP contribution < -0.4 is 5.56 Å². The summed E-state index contributed by atoms with van der Waals surface area (Å²) in [4.78, 5) is 36.7. The highest BCUT2D eigenvalue weighted by Crippen LogP contribution is 2.27. The summed E-state index contributed by atoms with van der Waals surface area (Å²) >= 11 is 1.16. The Hall–Kier alpha value is -2.92. The van der Waals surface area contributed by atoms with Crippen LogP contribution in [0, 0.1) is 11.3 Å². The first-order valence-corrected chi connectivity index (χ1v) is 8.12. The zero-order valence-corrected chi connectivity index (χ0v) is 14.7. The lowest BCUT2D eigenvalue weighted by Crippen LogP contribution is -2.32. The number of ether oxygens (including phenoxy) is 1. The van der Waals surface area contributed by atoms with Gasteiger partial charge in [-0.05, 0) is 39.0 Å². The van der Waals surface area contributed by atoms with Crippen LogP contribution in [0.25, 0.3) is 10.4 Å². The highest BCUT2D eigenvalue weighted by molar-refractivity contribution is 7.16. The van der Waals surface area contributed by atoms with Gasteiger partial charge in [0.2, 0.25) is 0 Å². The van der Waals surface area contributed by atoms with Gasteiger partial charge in [-0.1, -0.05) is 0 Å². The van der Waals surface area contributed by atoms with Gasteiger partial charge in [0.15, 0.2) is 0 Å². The summed E-state index contributed by atoms with van der Waals surface area (Å²) in [5, 5.41) is 18.2. The highest BCUT2D eigenvalue weighted by Gasteiger charge is 2.20. The van der Waals surface area contributed by atoms with E-state index in [2.05, 4.69) is 0 Å². The van der Waals surface area contributed by atoms with Gasteiger partial charge >= 0.3 is 11.9 Å². The quantitative estimate of drug-likeness (QED) is 0.839. The third kappa shape index (κ3) is 4.55. The number of pyridine rings is 1. The molecule has 7 nitrogen and oxygen atoms in total. The maximum absolute atomic E-state index is 12.3. The summed E-state index contributed by atoms with van der Waals surface area (Å²) in [6.45, 7) is 4.69. The molecule has 0 spiro atoms. The molecule has 0 amide bonds. The van der Waals surface area contributed by atoms with Gasteiger partial charge in [-0.25, -0.2) is 4.79 Å². The number of thiophene rings is 1. The number of carboxylic acid groups (broad SMARTS) is 1. The molecule has 0 atom stereocenters. The molecule has 2 rings (SSSR count). The number of esters is 1. The van der Waals surface area contributed by atoms with Gasteiger partial charge in [0.25, 0.3) is 5.56 Å². The van der Waals surface area contributed by atoms with Crippen molar-refractivity contribution in [1.29, 1.82) is 5.26 Å². The Balaban J connectivity index is 2.48. The molecule has 0 radical (unpaired) electrons. The Kier molecular flexibility index (Phi) is 5.09. The summed E-state index contributed by atoms with van der Waals surface area (Å²) in [7, 11) is 0. The Morgan fingerprint density at radius 2 is 2.04 bits per heavy atom. The number of carbonyl (C=O) groups excluding carboxylic acids is 1. The van der Waals surface area contributed by atoms with E-state index in [0.29, 0.717) is 15.3 Å². The molecular formula is C17H16N2O5S. The summed E-state index contributed by atoms with van der Waals surface area (Å²) in [5.41, 5.74) is -1.53. The van der Waals surface area contributed by atoms with E-state index in [0.717, 1.165) is 15.9 Å². The van der Waals surface area contributed by atoms with E-state index in [1.54, 1.807) is 32.9 Å². The van der Waals surface area contributed by atoms with Gasteiger partial charge in [0, 0.05) is 16.6 Å². The van der Waals surface area contributed by atoms with E-state index >= 15 is 0 Å². The minimum Gasteiger partial charge on any atom is -0.477 e. The average Bonchev–Trinajstić information content (AvgIpc) is 2.96. The molecule has 0 aromatic carbocycles. The second-order valence-electron chi connectivity index (χ2n) is 6.24. The first kappa shape index (κ1) is 18.4. The lowest BCUT2D eigenvalue weighted by molar-refractivity contribution is -0.155. The topological polar surface area (TPSA) is 109 Å². The van der Waals surface area contributed by atoms with Crippen LogP contribution in [-0.4, -0.2) is 27.2 Å². The fourth-order valence-electron chi connectivity index (χ4n) is 2.11. The molecule has 0 aliphatic rings. The number of rotatable bonds is 4. The molecule has 0 bridgehead atoms. The Labute approximate surface area is 147 Å². The number of hydrogen-bond acceptors (Lipinski definition) is 6. The molecule has 0 unspecified atom stereocenters. The van der Waals surface area contributed by atoms with E-state index in [-0.39, 0.29) is 0 Å². The predicted molar refractivity (Wildman–Crippen MR) is 91.5 cm³/mol. The van der Waals surface area contributed by atoms with E-state index in [9.17, 15) is 19.5 Å². The summed E-state index contributed by atoms with van der Waals surface area (Å²) in [5.74, 6) is -2.03. The maximum Gasteiger partial charge on any atom is 0.341 e. The molecule has 2 aromatic rings. The van der Waals surface area contributed by atoms with Gasteiger partial charge < -0.3 is 14.4 Å².